The van der Waals surface area contributed by atoms with Crippen LogP contribution in [-0.2, 0) is 0 Å². The van der Waals surface area contributed by atoms with Crippen molar-refractivity contribution < 1.29 is 37.9 Å². The van der Waals surface area contributed by atoms with E-state index in [1.54, 1.807) is 56.9 Å². The minimum absolute atomic E-state index is 0.604. The first kappa shape index (κ1) is 28.3. The SMILES string of the molecule is COc1ccc(OC)c(-c2cc(OC)c(-c3cc(OC)c(-c4cc(OC)ccc4OC)cc3OC)cc2OC)c1. The van der Waals surface area contributed by atoms with Crippen LogP contribution in [0, 0.1) is 0 Å². The zero-order chi connectivity index (χ0) is 28.8. The van der Waals surface area contributed by atoms with Crippen molar-refractivity contribution in [1.29, 1.82) is 0 Å². The summed E-state index contributed by atoms with van der Waals surface area (Å²) < 4.78 is 45.7. The maximum absolute atomic E-state index is 5.89. The molecule has 0 bridgehead atoms. The number of hydrogen-bond donors (Lipinski definition) is 0. The Labute approximate surface area is 234 Å². The molecule has 0 atom stereocenters. The van der Waals surface area contributed by atoms with Gasteiger partial charge in [0.15, 0.2) is 0 Å². The molecule has 0 aliphatic heterocycles. The van der Waals surface area contributed by atoms with Crippen LogP contribution < -0.4 is 37.9 Å². The maximum Gasteiger partial charge on any atom is 0.127 e. The summed E-state index contributed by atoms with van der Waals surface area (Å²) in [4.78, 5) is 0. The highest BCUT2D eigenvalue weighted by molar-refractivity contribution is 5.89. The second-order valence-electron chi connectivity index (χ2n) is 8.64. The maximum atomic E-state index is 5.89. The van der Waals surface area contributed by atoms with E-state index in [0.29, 0.717) is 46.0 Å². The van der Waals surface area contributed by atoms with Gasteiger partial charge in [0, 0.05) is 33.4 Å². The zero-order valence-corrected chi connectivity index (χ0v) is 24.0. The summed E-state index contributed by atoms with van der Waals surface area (Å²) in [6.07, 6.45) is 0. The molecule has 0 amide bonds. The van der Waals surface area contributed by atoms with Gasteiger partial charge < -0.3 is 37.9 Å². The van der Waals surface area contributed by atoms with Crippen molar-refractivity contribution in [1.82, 2.24) is 0 Å². The summed E-state index contributed by atoms with van der Waals surface area (Å²) in [6, 6.07) is 18.8. The Hall–Kier alpha value is -4.72. The molecule has 0 unspecified atom stereocenters. The molecule has 0 N–H and O–H groups in total. The van der Waals surface area contributed by atoms with Crippen LogP contribution in [0.3, 0.4) is 0 Å². The van der Waals surface area contributed by atoms with E-state index >= 15 is 0 Å². The average molecular weight is 547 g/mol. The molecule has 0 saturated carbocycles. The first-order valence-corrected chi connectivity index (χ1v) is 12.4. The lowest BCUT2D eigenvalue weighted by Gasteiger charge is -2.20. The van der Waals surface area contributed by atoms with Gasteiger partial charge in [0.25, 0.3) is 0 Å². The van der Waals surface area contributed by atoms with E-state index in [4.69, 9.17) is 37.9 Å². The van der Waals surface area contributed by atoms with Crippen molar-refractivity contribution in [2.75, 3.05) is 56.9 Å². The van der Waals surface area contributed by atoms with Gasteiger partial charge in [-0.05, 0) is 60.7 Å². The normalized spacial score (nSPS) is 10.5. The molecule has 8 nitrogen and oxygen atoms in total. The van der Waals surface area contributed by atoms with Crippen LogP contribution in [0.4, 0.5) is 0 Å². The molecule has 0 aliphatic carbocycles. The average Bonchev–Trinajstić information content (AvgIpc) is 3.02. The van der Waals surface area contributed by atoms with E-state index in [1.807, 2.05) is 60.7 Å². The van der Waals surface area contributed by atoms with Gasteiger partial charge in [0.2, 0.25) is 0 Å². The molecule has 0 heterocycles. The fourth-order valence-electron chi connectivity index (χ4n) is 4.69. The van der Waals surface area contributed by atoms with Gasteiger partial charge in [-0.3, -0.25) is 0 Å². The predicted octanol–water partition coefficient (Wildman–Crippen LogP) is 6.76. The first-order valence-electron chi connectivity index (χ1n) is 12.4. The quantitative estimate of drug-likeness (QED) is 0.204. The van der Waals surface area contributed by atoms with Crippen LogP contribution in [0.15, 0.2) is 60.7 Å². The Balaban J connectivity index is 1.96. The van der Waals surface area contributed by atoms with Crippen LogP contribution in [0.2, 0.25) is 0 Å². The van der Waals surface area contributed by atoms with Gasteiger partial charge in [-0.25, -0.2) is 0 Å². The van der Waals surface area contributed by atoms with Crippen LogP contribution >= 0.6 is 0 Å². The second-order valence-corrected chi connectivity index (χ2v) is 8.64. The van der Waals surface area contributed by atoms with E-state index in [2.05, 4.69) is 0 Å². The number of rotatable bonds is 11. The Kier molecular flexibility index (Phi) is 8.79. The molecule has 210 valence electrons. The van der Waals surface area contributed by atoms with Crippen molar-refractivity contribution in [3.05, 3.63) is 60.7 Å². The van der Waals surface area contributed by atoms with E-state index < -0.39 is 0 Å². The van der Waals surface area contributed by atoms with Crippen LogP contribution in [0.5, 0.6) is 46.0 Å². The summed E-state index contributed by atoms with van der Waals surface area (Å²) in [5, 5.41) is 0. The molecule has 4 aromatic rings. The summed E-state index contributed by atoms with van der Waals surface area (Å²) in [5.74, 6) is 5.16. The van der Waals surface area contributed by atoms with E-state index in [1.165, 1.54) is 0 Å². The van der Waals surface area contributed by atoms with Crippen molar-refractivity contribution >= 4 is 0 Å². The predicted molar refractivity (Wildman–Crippen MR) is 155 cm³/mol. The van der Waals surface area contributed by atoms with Gasteiger partial charge in [-0.15, -0.1) is 0 Å². The Morgan fingerprint density at radius 2 is 0.525 bits per heavy atom. The largest absolute Gasteiger partial charge is 0.497 e. The molecule has 0 saturated heterocycles. The summed E-state index contributed by atoms with van der Waals surface area (Å²) in [7, 11) is 13.0. The molecule has 4 aromatic carbocycles. The van der Waals surface area contributed by atoms with Crippen molar-refractivity contribution in [2.24, 2.45) is 0 Å². The number of methoxy groups -OCH3 is 8. The third-order valence-electron chi connectivity index (χ3n) is 6.73. The van der Waals surface area contributed by atoms with Gasteiger partial charge in [-0.1, -0.05) is 0 Å². The van der Waals surface area contributed by atoms with E-state index in [-0.39, 0.29) is 0 Å². The van der Waals surface area contributed by atoms with Gasteiger partial charge in [0.1, 0.15) is 46.0 Å². The highest BCUT2D eigenvalue weighted by atomic mass is 16.5. The lowest BCUT2D eigenvalue weighted by atomic mass is 9.94. The number of hydrogen-bond acceptors (Lipinski definition) is 8. The lowest BCUT2D eigenvalue weighted by Crippen LogP contribution is -1.99. The van der Waals surface area contributed by atoms with Crippen molar-refractivity contribution in [3.8, 4) is 79.4 Å². The molecular weight excluding hydrogens is 512 g/mol. The molecule has 0 aromatic heterocycles. The Morgan fingerprint density at radius 3 is 0.750 bits per heavy atom. The van der Waals surface area contributed by atoms with Gasteiger partial charge in [-0.2, -0.15) is 0 Å². The molecule has 0 fully saturated rings. The molecule has 40 heavy (non-hydrogen) atoms. The van der Waals surface area contributed by atoms with Crippen LogP contribution in [0.1, 0.15) is 0 Å². The van der Waals surface area contributed by atoms with Crippen LogP contribution in [-0.4, -0.2) is 56.9 Å². The van der Waals surface area contributed by atoms with Crippen molar-refractivity contribution in [3.63, 3.8) is 0 Å². The fourth-order valence-corrected chi connectivity index (χ4v) is 4.69. The highest BCUT2D eigenvalue weighted by Gasteiger charge is 2.23. The second kappa shape index (κ2) is 12.4. The smallest absolute Gasteiger partial charge is 0.127 e. The molecule has 4 rings (SSSR count). The van der Waals surface area contributed by atoms with Gasteiger partial charge >= 0.3 is 0 Å². The lowest BCUT2D eigenvalue weighted by molar-refractivity contribution is 0.397. The minimum Gasteiger partial charge on any atom is -0.497 e. The molecule has 0 spiro atoms. The summed E-state index contributed by atoms with van der Waals surface area (Å²) >= 11 is 0. The topological polar surface area (TPSA) is 73.8 Å². The Morgan fingerprint density at radius 1 is 0.275 bits per heavy atom. The molecule has 0 aliphatic rings. The minimum atomic E-state index is 0.604. The van der Waals surface area contributed by atoms with Crippen molar-refractivity contribution in [2.45, 2.75) is 0 Å². The Bertz CT molecular complexity index is 1380. The fraction of sp³-hybridized carbons (Fsp3) is 0.250. The van der Waals surface area contributed by atoms with E-state index in [0.717, 1.165) is 33.4 Å². The zero-order valence-electron chi connectivity index (χ0n) is 24.0. The number of benzene rings is 4. The third-order valence-corrected chi connectivity index (χ3v) is 6.73. The molecule has 8 heteroatoms. The van der Waals surface area contributed by atoms with Crippen LogP contribution in [0.25, 0.3) is 33.4 Å². The highest BCUT2D eigenvalue weighted by Crippen LogP contribution is 2.49. The molecular formula is C32H34O8. The summed E-state index contributed by atoms with van der Waals surface area (Å²) in [5.41, 5.74) is 4.67. The van der Waals surface area contributed by atoms with E-state index in [9.17, 15) is 0 Å². The summed E-state index contributed by atoms with van der Waals surface area (Å²) in [6.45, 7) is 0. The van der Waals surface area contributed by atoms with Gasteiger partial charge in [0.05, 0.1) is 56.9 Å². The number of ether oxygens (including phenoxy) is 8. The third kappa shape index (κ3) is 5.25. The standard InChI is InChI=1S/C32H34O8/c1-33-19-9-11-27(35-3)21(13-19)23-15-31(39-7)25(17-29(23)37-5)26-18-30(38-6)24(16-32(26)40-8)22-14-20(34-2)10-12-28(22)36-4/h9-18H,1-8H3. The first-order chi connectivity index (χ1) is 19.5. The molecule has 0 radical (unpaired) electrons. The monoisotopic (exact) mass is 546 g/mol.